The molecule has 3 unspecified atom stereocenters. The molecule has 0 spiro atoms. The van der Waals surface area contributed by atoms with E-state index >= 15 is 0 Å². The van der Waals surface area contributed by atoms with Gasteiger partial charge in [0.2, 0.25) is 0 Å². The van der Waals surface area contributed by atoms with Gasteiger partial charge in [-0.1, -0.05) is 41.9 Å². The van der Waals surface area contributed by atoms with Gasteiger partial charge in [0.1, 0.15) is 5.82 Å². The van der Waals surface area contributed by atoms with Gasteiger partial charge in [-0.2, -0.15) is 0 Å². The zero-order valence-corrected chi connectivity index (χ0v) is 18.9. The van der Waals surface area contributed by atoms with E-state index in [4.69, 9.17) is 21.3 Å². The Morgan fingerprint density at radius 3 is 2.90 bits per heavy atom. The molecule has 2 aliphatic heterocycles. The van der Waals surface area contributed by atoms with Crippen molar-refractivity contribution in [1.29, 1.82) is 0 Å². The van der Waals surface area contributed by atoms with Gasteiger partial charge < -0.3 is 20.3 Å². The van der Waals surface area contributed by atoms with Crippen molar-refractivity contribution in [3.8, 4) is 0 Å². The van der Waals surface area contributed by atoms with Crippen LogP contribution in [0.1, 0.15) is 37.9 Å². The summed E-state index contributed by atoms with van der Waals surface area (Å²) < 4.78 is 6.14. The van der Waals surface area contributed by atoms with E-state index in [9.17, 15) is 0 Å². The predicted molar refractivity (Wildman–Crippen MR) is 127 cm³/mol. The summed E-state index contributed by atoms with van der Waals surface area (Å²) >= 11 is 6.33. The number of aliphatic imine (C=N–C) groups is 1. The number of anilines is 1. The summed E-state index contributed by atoms with van der Waals surface area (Å²) in [6.07, 6.45) is 5.17. The fourth-order valence-corrected chi connectivity index (χ4v) is 4.68. The number of nitrogens with one attached hydrogen (secondary N) is 2. The SMILES string of the molecule is CCNC(=NCC1CCCOC1c1ccccc1)NC1CCN(c2ncccc2Cl)C1. The molecule has 0 saturated carbocycles. The van der Waals surface area contributed by atoms with Crippen molar-refractivity contribution >= 4 is 23.4 Å². The number of rotatable bonds is 6. The van der Waals surface area contributed by atoms with Crippen molar-refractivity contribution in [3.63, 3.8) is 0 Å². The minimum atomic E-state index is 0.120. The van der Waals surface area contributed by atoms with Gasteiger partial charge in [-0.3, -0.25) is 4.99 Å². The molecule has 166 valence electrons. The molecule has 2 aliphatic rings. The van der Waals surface area contributed by atoms with E-state index in [1.165, 1.54) is 5.56 Å². The normalized spacial score (nSPS) is 24.3. The molecule has 2 aromatic rings. The van der Waals surface area contributed by atoms with Crippen LogP contribution in [-0.4, -0.2) is 49.8 Å². The van der Waals surface area contributed by atoms with Crippen LogP contribution in [0, 0.1) is 5.92 Å². The lowest BCUT2D eigenvalue weighted by Gasteiger charge is -2.31. The van der Waals surface area contributed by atoms with Crippen LogP contribution in [0.15, 0.2) is 53.7 Å². The lowest BCUT2D eigenvalue weighted by Crippen LogP contribution is -2.45. The summed E-state index contributed by atoms with van der Waals surface area (Å²) in [4.78, 5) is 11.6. The van der Waals surface area contributed by atoms with E-state index in [0.717, 1.165) is 63.8 Å². The van der Waals surface area contributed by atoms with Gasteiger partial charge in [0.05, 0.1) is 11.1 Å². The zero-order valence-electron chi connectivity index (χ0n) is 18.1. The molecule has 3 atom stereocenters. The van der Waals surface area contributed by atoms with Crippen molar-refractivity contribution in [2.45, 2.75) is 38.3 Å². The third kappa shape index (κ3) is 5.69. The van der Waals surface area contributed by atoms with Gasteiger partial charge in [0, 0.05) is 50.9 Å². The molecular formula is C24H32ClN5O. The molecule has 3 heterocycles. The highest BCUT2D eigenvalue weighted by atomic mass is 35.5. The summed E-state index contributed by atoms with van der Waals surface area (Å²) in [5.41, 5.74) is 1.25. The Morgan fingerprint density at radius 1 is 1.23 bits per heavy atom. The fraction of sp³-hybridized carbons (Fsp3) is 0.500. The summed E-state index contributed by atoms with van der Waals surface area (Å²) in [6.45, 7) is 6.30. The second kappa shape index (κ2) is 10.8. The number of nitrogens with zero attached hydrogens (tertiary/aromatic N) is 3. The maximum atomic E-state index is 6.33. The molecule has 31 heavy (non-hydrogen) atoms. The van der Waals surface area contributed by atoms with Crippen LogP contribution < -0.4 is 15.5 Å². The lowest BCUT2D eigenvalue weighted by molar-refractivity contribution is -0.0250. The van der Waals surface area contributed by atoms with Gasteiger partial charge in [-0.15, -0.1) is 0 Å². The number of benzene rings is 1. The first-order valence-electron chi connectivity index (χ1n) is 11.3. The van der Waals surface area contributed by atoms with E-state index < -0.39 is 0 Å². The number of pyridine rings is 1. The molecule has 0 aliphatic carbocycles. The van der Waals surface area contributed by atoms with Gasteiger partial charge in [-0.05, 0) is 43.9 Å². The van der Waals surface area contributed by atoms with Crippen LogP contribution >= 0.6 is 11.6 Å². The maximum absolute atomic E-state index is 6.33. The summed E-state index contributed by atoms with van der Waals surface area (Å²) in [5, 5.41) is 7.73. The van der Waals surface area contributed by atoms with E-state index in [2.05, 4.69) is 57.8 Å². The first-order valence-corrected chi connectivity index (χ1v) is 11.7. The second-order valence-corrected chi connectivity index (χ2v) is 8.62. The molecule has 6 nitrogen and oxygen atoms in total. The first-order chi connectivity index (χ1) is 15.2. The minimum absolute atomic E-state index is 0.120. The topological polar surface area (TPSA) is 61.8 Å². The quantitative estimate of drug-likeness (QED) is 0.523. The lowest BCUT2D eigenvalue weighted by atomic mass is 9.89. The van der Waals surface area contributed by atoms with Crippen molar-refractivity contribution in [2.24, 2.45) is 10.9 Å². The van der Waals surface area contributed by atoms with E-state index in [1.54, 1.807) is 6.20 Å². The van der Waals surface area contributed by atoms with Gasteiger partial charge >= 0.3 is 0 Å². The van der Waals surface area contributed by atoms with E-state index in [0.29, 0.717) is 17.0 Å². The highest BCUT2D eigenvalue weighted by molar-refractivity contribution is 6.32. The molecular weight excluding hydrogens is 410 g/mol. The molecule has 7 heteroatoms. The Labute approximate surface area is 190 Å². The molecule has 2 N–H and O–H groups in total. The van der Waals surface area contributed by atoms with Crippen molar-refractivity contribution < 1.29 is 4.74 Å². The first kappa shape index (κ1) is 21.9. The van der Waals surface area contributed by atoms with Crippen molar-refractivity contribution in [1.82, 2.24) is 15.6 Å². The summed E-state index contributed by atoms with van der Waals surface area (Å²) in [6, 6.07) is 14.6. The zero-order chi connectivity index (χ0) is 21.5. The fourth-order valence-electron chi connectivity index (χ4n) is 4.44. The second-order valence-electron chi connectivity index (χ2n) is 8.21. The average Bonchev–Trinajstić information content (AvgIpc) is 3.27. The third-order valence-electron chi connectivity index (χ3n) is 5.97. The van der Waals surface area contributed by atoms with Crippen LogP contribution in [0.4, 0.5) is 5.82 Å². The average molecular weight is 442 g/mol. The highest BCUT2D eigenvalue weighted by Gasteiger charge is 2.28. The molecule has 4 rings (SSSR count). The third-order valence-corrected chi connectivity index (χ3v) is 6.26. The molecule has 0 amide bonds. The van der Waals surface area contributed by atoms with Crippen molar-refractivity contribution in [2.75, 3.05) is 37.7 Å². The van der Waals surface area contributed by atoms with Crippen LogP contribution in [0.5, 0.6) is 0 Å². The Balaban J connectivity index is 1.38. The van der Waals surface area contributed by atoms with Gasteiger partial charge in [0.15, 0.2) is 5.96 Å². The Morgan fingerprint density at radius 2 is 2.10 bits per heavy atom. The smallest absolute Gasteiger partial charge is 0.191 e. The monoisotopic (exact) mass is 441 g/mol. The molecule has 2 fully saturated rings. The molecule has 2 saturated heterocycles. The number of hydrogen-bond acceptors (Lipinski definition) is 4. The van der Waals surface area contributed by atoms with E-state index in [-0.39, 0.29) is 6.10 Å². The largest absolute Gasteiger partial charge is 0.373 e. The summed E-state index contributed by atoms with van der Waals surface area (Å²) in [5.74, 6) is 2.12. The Hall–Kier alpha value is -2.31. The number of halogens is 1. The predicted octanol–water partition coefficient (Wildman–Crippen LogP) is 4.04. The van der Waals surface area contributed by atoms with Crippen LogP contribution in [0.25, 0.3) is 0 Å². The highest BCUT2D eigenvalue weighted by Crippen LogP contribution is 2.33. The van der Waals surface area contributed by atoms with Gasteiger partial charge in [-0.25, -0.2) is 4.98 Å². The maximum Gasteiger partial charge on any atom is 0.191 e. The Kier molecular flexibility index (Phi) is 7.65. The van der Waals surface area contributed by atoms with Crippen LogP contribution in [0.3, 0.4) is 0 Å². The minimum Gasteiger partial charge on any atom is -0.373 e. The van der Waals surface area contributed by atoms with E-state index in [1.807, 2.05) is 12.1 Å². The number of ether oxygens (including phenoxy) is 1. The molecule has 1 aromatic heterocycles. The van der Waals surface area contributed by atoms with Crippen LogP contribution in [0.2, 0.25) is 5.02 Å². The summed E-state index contributed by atoms with van der Waals surface area (Å²) in [7, 11) is 0. The Bertz CT molecular complexity index is 862. The van der Waals surface area contributed by atoms with Gasteiger partial charge in [0.25, 0.3) is 0 Å². The molecule has 0 radical (unpaired) electrons. The number of guanidine groups is 1. The molecule has 0 bridgehead atoms. The number of hydrogen-bond donors (Lipinski definition) is 2. The van der Waals surface area contributed by atoms with Crippen molar-refractivity contribution in [3.05, 3.63) is 59.2 Å². The van der Waals surface area contributed by atoms with Crippen LogP contribution in [-0.2, 0) is 4.74 Å². The number of aromatic nitrogens is 1. The molecule has 1 aromatic carbocycles. The standard InChI is InChI=1S/C24H32ClN5O/c1-2-26-24(29-20-12-14-30(17-20)23-21(25)11-6-13-27-23)28-16-19-10-7-15-31-22(19)18-8-4-3-5-9-18/h3-6,8-9,11,13,19-20,22H,2,7,10,12,14-17H2,1H3,(H2,26,28,29).